The molecule has 0 fully saturated rings. The average Bonchev–Trinajstić information content (AvgIpc) is 3.37. The SMILES string of the molecule is CC[C@H](C)[C@H](NC(=O)CN)C(=O)N[C@@H](Cc1ccc(O)cc1)C(=O)N[C@H](C(=O)N[C@H](C(=O)N[C@@H](CC(N)=O)C(=O)N[C@@H](CC(C)C)C(=O)N[C@@H](CCCCN)C(=O)N[C@@H](CCCN=C(N)N)C(=O)O)[C@@H](C)CC)[C@@H](C)CC. The molecule has 26 heteroatoms. The fraction of sp³-hybridized carbons (Fsp3) is 0.667. The van der Waals surface area contributed by atoms with Crippen LogP contribution in [0.4, 0.5) is 0 Å². The second kappa shape index (κ2) is 35.3. The van der Waals surface area contributed by atoms with Gasteiger partial charge >= 0.3 is 5.97 Å². The maximum absolute atomic E-state index is 14.4. The van der Waals surface area contributed by atoms with Gasteiger partial charge in [-0.15, -0.1) is 0 Å². The molecule has 26 nitrogen and oxygen atoms in total. The van der Waals surface area contributed by atoms with Crippen molar-refractivity contribution in [2.75, 3.05) is 19.6 Å². The van der Waals surface area contributed by atoms with Crippen molar-refractivity contribution in [3.63, 3.8) is 0 Å². The minimum atomic E-state index is -1.69. The number of rotatable bonds is 37. The molecule has 1 aromatic carbocycles. The molecular formula is C51H88N14O12. The third-order valence-electron chi connectivity index (χ3n) is 13.1. The molecule has 0 radical (unpaired) electrons. The van der Waals surface area contributed by atoms with E-state index < -0.39 is 126 Å². The predicted octanol–water partition coefficient (Wildman–Crippen LogP) is -1.90. The Balaban J connectivity index is 3.56. The number of guanidine groups is 1. The highest BCUT2D eigenvalue weighted by molar-refractivity contribution is 5.99. The van der Waals surface area contributed by atoms with E-state index in [-0.39, 0.29) is 75.3 Å². The van der Waals surface area contributed by atoms with Crippen LogP contribution in [-0.4, -0.2) is 143 Å². The van der Waals surface area contributed by atoms with Crippen molar-refractivity contribution < 1.29 is 58.2 Å². The van der Waals surface area contributed by atoms with Crippen LogP contribution < -0.4 is 71.2 Å². The van der Waals surface area contributed by atoms with Gasteiger partial charge in [0, 0.05) is 13.0 Å². The summed E-state index contributed by atoms with van der Waals surface area (Å²) < 4.78 is 0. The molecule has 434 valence electrons. The highest BCUT2D eigenvalue weighted by Gasteiger charge is 2.38. The van der Waals surface area contributed by atoms with E-state index in [9.17, 15) is 58.2 Å². The Hall–Kier alpha value is -7.09. The standard InChI is InChI=1S/C51H88N14O12/c1-9-28(6)40(63-39(68)26-53)47(73)61-36(24-31-17-19-32(66)20-18-31)46(72)64-42(30(8)11-3)49(75)65-41(29(7)10-2)48(74)62-37(25-38(54)67)45(71)60-35(23-27(4)5)44(70)58-33(15-12-13-21-52)43(69)59-34(50(76)77)16-14-22-57-51(55)56/h17-20,27-30,33-37,40-42,66H,9-16,21-26,52-53H2,1-8H3,(H2,54,67)(H,58,70)(H,59,69)(H,60,71)(H,61,73)(H,62,74)(H,63,68)(H,64,72)(H,65,75)(H,76,77)(H4,55,56,57)/t28-,29-,30-,33-,34-,35-,36-,37-,40-,41-,42-/m0/s1. The van der Waals surface area contributed by atoms with Crippen LogP contribution in [0.1, 0.15) is 125 Å². The molecule has 0 aliphatic rings. The van der Waals surface area contributed by atoms with Crippen LogP contribution in [0.25, 0.3) is 0 Å². The number of amides is 9. The maximum atomic E-state index is 14.4. The first-order valence-electron chi connectivity index (χ1n) is 26.4. The molecule has 0 aliphatic carbocycles. The number of aliphatic imine (C=N–C) groups is 1. The molecule has 0 unspecified atom stereocenters. The summed E-state index contributed by atoms with van der Waals surface area (Å²) in [7, 11) is 0. The van der Waals surface area contributed by atoms with Crippen LogP contribution >= 0.6 is 0 Å². The van der Waals surface area contributed by atoms with Crippen LogP contribution in [0.15, 0.2) is 29.3 Å². The number of carboxylic acid groups (broad SMARTS) is 1. The van der Waals surface area contributed by atoms with Crippen molar-refractivity contribution in [2.24, 2.45) is 57.3 Å². The summed E-state index contributed by atoms with van der Waals surface area (Å²) in [6.07, 6.45) is 1.34. The topological polar surface area (TPSA) is 450 Å². The Kier molecular flexibility index (Phi) is 31.1. The minimum Gasteiger partial charge on any atom is -0.508 e. The van der Waals surface area contributed by atoms with Gasteiger partial charge in [0.15, 0.2) is 5.96 Å². The number of nitrogens with zero attached hydrogens (tertiary/aromatic N) is 1. The quantitative estimate of drug-likeness (QED) is 0.0197. The molecule has 0 bridgehead atoms. The van der Waals surface area contributed by atoms with Gasteiger partial charge in [0.05, 0.1) is 13.0 Å². The van der Waals surface area contributed by atoms with Crippen molar-refractivity contribution in [3.05, 3.63) is 29.8 Å². The van der Waals surface area contributed by atoms with Gasteiger partial charge in [0.1, 0.15) is 54.1 Å². The first kappa shape index (κ1) is 67.9. The molecule has 0 saturated heterocycles. The van der Waals surface area contributed by atoms with Crippen LogP contribution in [0.5, 0.6) is 5.75 Å². The third kappa shape index (κ3) is 25.1. The Labute approximate surface area is 451 Å². The highest BCUT2D eigenvalue weighted by atomic mass is 16.4. The summed E-state index contributed by atoms with van der Waals surface area (Å²) in [5, 5.41) is 40.7. The van der Waals surface area contributed by atoms with E-state index >= 15 is 0 Å². The van der Waals surface area contributed by atoms with Gasteiger partial charge in [-0.1, -0.05) is 86.8 Å². The number of unbranched alkanes of at least 4 members (excludes halogenated alkanes) is 1. The fourth-order valence-electron chi connectivity index (χ4n) is 7.89. The zero-order chi connectivity index (χ0) is 58.5. The second-order valence-electron chi connectivity index (χ2n) is 19.9. The number of benzene rings is 1. The molecule has 0 saturated carbocycles. The molecule has 1 aromatic rings. The second-order valence-corrected chi connectivity index (χ2v) is 19.9. The normalized spacial score (nSPS) is 15.4. The minimum absolute atomic E-state index is 0.00549. The summed E-state index contributed by atoms with van der Waals surface area (Å²) in [6, 6.07) is -4.85. The van der Waals surface area contributed by atoms with Crippen molar-refractivity contribution in [1.82, 2.24) is 42.5 Å². The molecule has 20 N–H and O–H groups in total. The molecule has 11 atom stereocenters. The largest absolute Gasteiger partial charge is 0.508 e. The zero-order valence-electron chi connectivity index (χ0n) is 45.9. The molecule has 0 heterocycles. The van der Waals surface area contributed by atoms with E-state index in [0.717, 1.165) is 0 Å². The number of primary amides is 1. The van der Waals surface area contributed by atoms with Gasteiger partial charge in [-0.05, 0) is 86.4 Å². The highest BCUT2D eigenvalue weighted by Crippen LogP contribution is 2.17. The first-order chi connectivity index (χ1) is 36.2. The van der Waals surface area contributed by atoms with Crippen molar-refractivity contribution in [2.45, 2.75) is 174 Å². The molecule has 0 aromatic heterocycles. The van der Waals surface area contributed by atoms with Gasteiger partial charge in [0.2, 0.25) is 53.2 Å². The number of hydrogen-bond donors (Lipinski definition) is 15. The summed E-state index contributed by atoms with van der Waals surface area (Å²) in [5.41, 5.74) is 28.0. The number of aromatic hydroxyl groups is 1. The van der Waals surface area contributed by atoms with E-state index in [1.165, 1.54) is 12.1 Å². The van der Waals surface area contributed by atoms with Gasteiger partial charge < -0.3 is 81.4 Å². The predicted molar refractivity (Wildman–Crippen MR) is 288 cm³/mol. The molecule has 0 aliphatic heterocycles. The van der Waals surface area contributed by atoms with E-state index in [2.05, 4.69) is 47.5 Å². The number of carboxylic acids is 1. The molecular weight excluding hydrogens is 1000 g/mol. The van der Waals surface area contributed by atoms with Crippen LogP contribution in [-0.2, 0) is 54.4 Å². The van der Waals surface area contributed by atoms with Crippen molar-refractivity contribution in [1.29, 1.82) is 0 Å². The van der Waals surface area contributed by atoms with Crippen LogP contribution in [0, 0.1) is 23.7 Å². The summed E-state index contributed by atoms with van der Waals surface area (Å²) >= 11 is 0. The van der Waals surface area contributed by atoms with E-state index in [1.54, 1.807) is 60.6 Å². The number of carbonyl (C=O) groups excluding carboxylic acids is 9. The monoisotopic (exact) mass is 1090 g/mol. The molecule has 1 rings (SSSR count). The van der Waals surface area contributed by atoms with Gasteiger partial charge in [-0.2, -0.15) is 0 Å². The van der Waals surface area contributed by atoms with Gasteiger partial charge in [-0.25, -0.2) is 4.79 Å². The lowest BCUT2D eigenvalue weighted by Crippen LogP contribution is -2.62. The number of nitrogens with one attached hydrogen (secondary N) is 8. The third-order valence-corrected chi connectivity index (χ3v) is 13.1. The molecule has 77 heavy (non-hydrogen) atoms. The summed E-state index contributed by atoms with van der Waals surface area (Å²) in [4.78, 5) is 139. The number of carbonyl (C=O) groups is 10. The maximum Gasteiger partial charge on any atom is 0.326 e. The lowest BCUT2D eigenvalue weighted by Gasteiger charge is -2.31. The first-order valence-corrected chi connectivity index (χ1v) is 26.4. The lowest BCUT2D eigenvalue weighted by molar-refractivity contribution is -0.142. The molecule has 9 amide bonds. The van der Waals surface area contributed by atoms with E-state index in [0.29, 0.717) is 37.7 Å². The number of phenols is 1. The van der Waals surface area contributed by atoms with Gasteiger partial charge in [-0.3, -0.25) is 48.1 Å². The fourth-order valence-corrected chi connectivity index (χ4v) is 7.89. The number of phenolic OH excluding ortho intramolecular Hbond substituents is 1. The lowest BCUT2D eigenvalue weighted by atomic mass is 9.94. The Morgan fingerprint density at radius 3 is 1.44 bits per heavy atom. The average molecular weight is 1090 g/mol. The van der Waals surface area contributed by atoms with Crippen LogP contribution in [0.2, 0.25) is 0 Å². The van der Waals surface area contributed by atoms with E-state index in [4.69, 9.17) is 28.7 Å². The van der Waals surface area contributed by atoms with Gasteiger partial charge in [0.25, 0.3) is 0 Å². The number of aliphatic carboxylic acids is 1. The zero-order valence-corrected chi connectivity index (χ0v) is 45.9. The Bertz CT molecular complexity index is 2140. The Morgan fingerprint density at radius 1 is 0.532 bits per heavy atom. The van der Waals surface area contributed by atoms with E-state index in [1.807, 2.05) is 6.92 Å². The Morgan fingerprint density at radius 2 is 0.961 bits per heavy atom. The summed E-state index contributed by atoms with van der Waals surface area (Å²) in [6.45, 7) is 13.9. The van der Waals surface area contributed by atoms with Crippen molar-refractivity contribution >= 4 is 65.1 Å². The smallest absolute Gasteiger partial charge is 0.326 e. The van der Waals surface area contributed by atoms with Crippen molar-refractivity contribution in [3.8, 4) is 5.75 Å². The number of hydrogen-bond acceptors (Lipinski definition) is 14. The molecule has 0 spiro atoms. The summed E-state index contributed by atoms with van der Waals surface area (Å²) in [5.74, 6) is -10.8. The number of nitrogens with two attached hydrogens (primary N) is 5. The van der Waals surface area contributed by atoms with Crippen LogP contribution in [0.3, 0.4) is 0 Å².